The second kappa shape index (κ2) is 12.5. The van der Waals surface area contributed by atoms with Gasteiger partial charge in [0, 0.05) is 29.3 Å². The SMILES string of the molecule is CNC(=O)c1ccc(C)c(-c2ccc(NC(=O)C(C)NC)c(=O)n2Cc2cccc(C(=O)c3ccc(F)cc3)c2)c1. The average molecular weight is 555 g/mol. The van der Waals surface area contributed by atoms with E-state index in [4.69, 9.17) is 0 Å². The number of anilines is 1. The second-order valence-corrected chi connectivity index (χ2v) is 9.67. The zero-order chi connectivity index (χ0) is 29.7. The highest BCUT2D eigenvalue weighted by Crippen LogP contribution is 2.26. The number of carbonyl (C=O) groups is 3. The van der Waals surface area contributed by atoms with Gasteiger partial charge in [-0.25, -0.2) is 4.39 Å². The van der Waals surface area contributed by atoms with Gasteiger partial charge in [-0.3, -0.25) is 19.2 Å². The van der Waals surface area contributed by atoms with Crippen molar-refractivity contribution in [2.24, 2.45) is 0 Å². The quantitative estimate of drug-likeness (QED) is 0.270. The smallest absolute Gasteiger partial charge is 0.275 e. The Kier molecular flexibility index (Phi) is 8.89. The number of nitrogens with one attached hydrogen (secondary N) is 3. The van der Waals surface area contributed by atoms with Crippen LogP contribution in [0.3, 0.4) is 0 Å². The standard InChI is InChI=1S/C32H31FN4O4/c1-19-8-9-24(31(40)35-4)17-26(19)28-15-14-27(36-30(39)20(2)34-3)32(41)37(28)18-21-6-5-7-23(16-21)29(38)22-10-12-25(33)13-11-22/h5-17,20,34H,18H2,1-4H3,(H,35,40)(H,36,39). The predicted octanol–water partition coefficient (Wildman–Crippen LogP) is 4.15. The van der Waals surface area contributed by atoms with Crippen LogP contribution in [-0.2, 0) is 11.3 Å². The average Bonchev–Trinajstić information content (AvgIpc) is 2.99. The van der Waals surface area contributed by atoms with Crippen molar-refractivity contribution in [1.29, 1.82) is 0 Å². The minimum atomic E-state index is -0.525. The zero-order valence-electron chi connectivity index (χ0n) is 23.2. The summed E-state index contributed by atoms with van der Waals surface area (Å²) >= 11 is 0. The maximum absolute atomic E-state index is 13.8. The highest BCUT2D eigenvalue weighted by molar-refractivity contribution is 6.09. The highest BCUT2D eigenvalue weighted by atomic mass is 19.1. The molecule has 1 unspecified atom stereocenters. The fourth-order valence-corrected chi connectivity index (χ4v) is 4.38. The third-order valence-electron chi connectivity index (χ3n) is 6.90. The van der Waals surface area contributed by atoms with Crippen molar-refractivity contribution >= 4 is 23.3 Å². The van der Waals surface area contributed by atoms with E-state index in [1.165, 1.54) is 28.8 Å². The molecule has 0 bridgehead atoms. The Morgan fingerprint density at radius 2 is 1.59 bits per heavy atom. The first-order valence-electron chi connectivity index (χ1n) is 13.1. The third kappa shape index (κ3) is 6.47. The van der Waals surface area contributed by atoms with Crippen molar-refractivity contribution in [3.05, 3.63) is 123 Å². The molecule has 4 aromatic rings. The summed E-state index contributed by atoms with van der Waals surface area (Å²) in [5, 5.41) is 8.15. The largest absolute Gasteiger partial charge is 0.355 e. The molecular weight excluding hydrogens is 523 g/mol. The predicted molar refractivity (Wildman–Crippen MR) is 157 cm³/mol. The van der Waals surface area contributed by atoms with E-state index in [9.17, 15) is 23.6 Å². The van der Waals surface area contributed by atoms with Gasteiger partial charge in [-0.1, -0.05) is 24.3 Å². The summed E-state index contributed by atoms with van der Waals surface area (Å²) in [5.41, 5.74) is 3.51. The van der Waals surface area contributed by atoms with Crippen LogP contribution in [0.2, 0.25) is 0 Å². The van der Waals surface area contributed by atoms with Gasteiger partial charge in [0.05, 0.1) is 18.3 Å². The second-order valence-electron chi connectivity index (χ2n) is 9.67. The van der Waals surface area contributed by atoms with Crippen molar-refractivity contribution in [3.63, 3.8) is 0 Å². The Balaban J connectivity index is 1.81. The molecule has 4 rings (SSSR count). The Morgan fingerprint density at radius 1 is 0.878 bits per heavy atom. The third-order valence-corrected chi connectivity index (χ3v) is 6.90. The molecule has 0 saturated carbocycles. The van der Waals surface area contributed by atoms with E-state index in [2.05, 4.69) is 16.0 Å². The number of rotatable bonds is 9. The molecule has 9 heteroatoms. The Bertz CT molecular complexity index is 1680. The molecule has 1 aromatic heterocycles. The van der Waals surface area contributed by atoms with Crippen molar-refractivity contribution in [2.45, 2.75) is 26.4 Å². The summed E-state index contributed by atoms with van der Waals surface area (Å²) in [6.07, 6.45) is 0. The first-order chi connectivity index (χ1) is 19.6. The van der Waals surface area contributed by atoms with E-state index in [0.717, 1.165) is 5.56 Å². The van der Waals surface area contributed by atoms with Crippen LogP contribution >= 0.6 is 0 Å². The molecule has 1 heterocycles. The Morgan fingerprint density at radius 3 is 2.27 bits per heavy atom. The van der Waals surface area contributed by atoms with Crippen molar-refractivity contribution in [2.75, 3.05) is 19.4 Å². The summed E-state index contributed by atoms with van der Waals surface area (Å²) in [6.45, 7) is 3.64. The maximum Gasteiger partial charge on any atom is 0.275 e. The number of nitrogens with zero attached hydrogens (tertiary/aromatic N) is 1. The summed E-state index contributed by atoms with van der Waals surface area (Å²) in [4.78, 5) is 51.8. The van der Waals surface area contributed by atoms with Crippen LogP contribution in [0.15, 0.2) is 83.7 Å². The molecule has 0 aliphatic heterocycles. The summed E-state index contributed by atoms with van der Waals surface area (Å²) in [5.74, 6) is -1.35. The first kappa shape index (κ1) is 29.1. The fraction of sp³-hybridized carbons (Fsp3) is 0.188. The van der Waals surface area contributed by atoms with Crippen molar-refractivity contribution in [3.8, 4) is 11.3 Å². The summed E-state index contributed by atoms with van der Waals surface area (Å²) in [6, 6.07) is 20.1. The molecule has 3 aromatic carbocycles. The monoisotopic (exact) mass is 554 g/mol. The molecule has 0 saturated heterocycles. The van der Waals surface area contributed by atoms with E-state index in [0.29, 0.717) is 33.5 Å². The number of ketones is 1. The van der Waals surface area contributed by atoms with Gasteiger partial charge in [0.2, 0.25) is 5.91 Å². The molecule has 41 heavy (non-hydrogen) atoms. The van der Waals surface area contributed by atoms with Crippen molar-refractivity contribution in [1.82, 2.24) is 15.2 Å². The zero-order valence-corrected chi connectivity index (χ0v) is 23.2. The number of benzene rings is 3. The van der Waals surface area contributed by atoms with Crippen LogP contribution in [0.25, 0.3) is 11.3 Å². The molecule has 1 atom stereocenters. The number of pyridine rings is 1. The van der Waals surface area contributed by atoms with Crippen LogP contribution in [0.1, 0.15) is 44.3 Å². The number of carbonyl (C=O) groups excluding carboxylic acids is 3. The molecule has 0 fully saturated rings. The Labute approximate surface area is 237 Å². The van der Waals surface area contributed by atoms with Crippen LogP contribution in [0.4, 0.5) is 10.1 Å². The number of aromatic nitrogens is 1. The van der Waals surface area contributed by atoms with Gasteiger partial charge in [0.25, 0.3) is 11.5 Å². The molecule has 210 valence electrons. The van der Waals surface area contributed by atoms with Crippen LogP contribution < -0.4 is 21.5 Å². The number of likely N-dealkylation sites (N-methyl/N-ethyl adjacent to an activating group) is 1. The minimum absolute atomic E-state index is 0.0770. The summed E-state index contributed by atoms with van der Waals surface area (Å²) in [7, 11) is 3.19. The number of halogens is 1. The van der Waals surface area contributed by atoms with E-state index >= 15 is 0 Å². The van der Waals surface area contributed by atoms with E-state index in [1.807, 2.05) is 6.92 Å². The lowest BCUT2D eigenvalue weighted by Gasteiger charge is -2.18. The van der Waals surface area contributed by atoms with Gasteiger partial charge in [-0.05, 0) is 86.6 Å². The first-order valence-corrected chi connectivity index (χ1v) is 13.1. The maximum atomic E-state index is 13.8. The topological polar surface area (TPSA) is 109 Å². The molecule has 8 nitrogen and oxygen atoms in total. The lowest BCUT2D eigenvalue weighted by molar-refractivity contribution is -0.117. The number of amides is 2. The lowest BCUT2D eigenvalue weighted by atomic mass is 9.99. The van der Waals surface area contributed by atoms with E-state index in [-0.39, 0.29) is 29.8 Å². The normalized spacial score (nSPS) is 11.5. The van der Waals surface area contributed by atoms with Gasteiger partial charge in [-0.2, -0.15) is 0 Å². The minimum Gasteiger partial charge on any atom is -0.355 e. The number of hydrogen-bond acceptors (Lipinski definition) is 5. The van der Waals surface area contributed by atoms with E-state index < -0.39 is 17.4 Å². The molecule has 0 aliphatic rings. The Hall–Kier alpha value is -4.89. The van der Waals surface area contributed by atoms with Gasteiger partial charge in [0.1, 0.15) is 11.5 Å². The van der Waals surface area contributed by atoms with Gasteiger partial charge in [0.15, 0.2) is 5.78 Å². The summed E-state index contributed by atoms with van der Waals surface area (Å²) < 4.78 is 14.9. The molecule has 2 amide bonds. The van der Waals surface area contributed by atoms with Crippen LogP contribution in [0, 0.1) is 12.7 Å². The van der Waals surface area contributed by atoms with Gasteiger partial charge >= 0.3 is 0 Å². The van der Waals surface area contributed by atoms with Crippen LogP contribution in [-0.4, -0.2) is 42.3 Å². The van der Waals surface area contributed by atoms with Gasteiger partial charge in [-0.15, -0.1) is 0 Å². The van der Waals surface area contributed by atoms with Crippen molar-refractivity contribution < 1.29 is 18.8 Å². The molecule has 3 N–H and O–H groups in total. The lowest BCUT2D eigenvalue weighted by Crippen LogP contribution is -2.37. The van der Waals surface area contributed by atoms with Gasteiger partial charge < -0.3 is 20.5 Å². The molecule has 0 spiro atoms. The molecule has 0 radical (unpaired) electrons. The number of aryl methyl sites for hydroxylation is 1. The highest BCUT2D eigenvalue weighted by Gasteiger charge is 2.18. The van der Waals surface area contributed by atoms with Crippen LogP contribution in [0.5, 0.6) is 0 Å². The number of hydrogen-bond donors (Lipinski definition) is 3. The molecule has 0 aliphatic carbocycles. The molecular formula is C32H31FN4O4. The fourth-order valence-electron chi connectivity index (χ4n) is 4.38. The van der Waals surface area contributed by atoms with E-state index in [1.54, 1.807) is 75.6 Å².